The minimum Gasteiger partial charge on any atom is -0.461 e. The lowest BCUT2D eigenvalue weighted by Gasteiger charge is -2.07. The van der Waals surface area contributed by atoms with Crippen molar-refractivity contribution in [2.24, 2.45) is 0 Å². The van der Waals surface area contributed by atoms with Gasteiger partial charge in [0.1, 0.15) is 5.82 Å². The molecule has 0 N–H and O–H groups in total. The summed E-state index contributed by atoms with van der Waals surface area (Å²) in [5, 5.41) is 0. The zero-order chi connectivity index (χ0) is 16.8. The molecule has 2 aromatic rings. The number of halogens is 3. The molecule has 23 heavy (non-hydrogen) atoms. The lowest BCUT2D eigenvalue weighted by Crippen LogP contribution is -2.16. The summed E-state index contributed by atoms with van der Waals surface area (Å²) in [4.78, 5) is 19.0. The van der Waals surface area contributed by atoms with Crippen LogP contribution >= 0.6 is 0 Å². The summed E-state index contributed by atoms with van der Waals surface area (Å²) in [6, 6.07) is 4.40. The van der Waals surface area contributed by atoms with E-state index in [2.05, 4.69) is 14.7 Å². The van der Waals surface area contributed by atoms with Crippen LogP contribution in [0.25, 0.3) is 11.4 Å². The Bertz CT molecular complexity index is 676. The molecule has 0 aliphatic rings. The van der Waals surface area contributed by atoms with Crippen LogP contribution in [0.2, 0.25) is 0 Å². The van der Waals surface area contributed by atoms with Crippen molar-refractivity contribution in [1.82, 2.24) is 9.97 Å². The molecule has 2 rings (SSSR count). The zero-order valence-electron chi connectivity index (χ0n) is 12.4. The summed E-state index contributed by atoms with van der Waals surface area (Å²) in [6.07, 6.45) is 1.01. The van der Waals surface area contributed by atoms with Crippen LogP contribution in [0, 0.1) is 5.82 Å². The van der Waals surface area contributed by atoms with Gasteiger partial charge < -0.3 is 4.74 Å². The Hall–Kier alpha value is -2.44. The maximum absolute atomic E-state index is 14.0. The van der Waals surface area contributed by atoms with Crippen LogP contribution < -0.4 is 0 Å². The number of alkyl halides is 2. The summed E-state index contributed by atoms with van der Waals surface area (Å²) >= 11 is 0. The number of hydrogen-bond donors (Lipinski definition) is 0. The zero-order valence-corrected chi connectivity index (χ0v) is 12.4. The average molecular weight is 324 g/mol. The molecule has 1 heterocycles. The minimum absolute atomic E-state index is 0.0141. The number of carbonyl (C=O) groups excluding carboxylic acids is 1. The summed E-state index contributed by atoms with van der Waals surface area (Å²) in [5.41, 5.74) is 1.76. The number of hydrogen-bond acceptors (Lipinski definition) is 4. The monoisotopic (exact) mass is 324 g/mol. The minimum atomic E-state index is -3.18. The van der Waals surface area contributed by atoms with E-state index in [1.807, 2.05) is 6.92 Å². The smallest absolute Gasteiger partial charge is 0.373 e. The van der Waals surface area contributed by atoms with E-state index in [4.69, 9.17) is 0 Å². The predicted octanol–water partition coefficient (Wildman–Crippen LogP) is 3.20. The lowest BCUT2D eigenvalue weighted by molar-refractivity contribution is -0.156. The van der Waals surface area contributed by atoms with Crippen molar-refractivity contribution in [1.29, 1.82) is 0 Å². The molecule has 122 valence electrons. The van der Waals surface area contributed by atoms with Gasteiger partial charge in [0.25, 0.3) is 0 Å². The number of rotatable bonds is 6. The fourth-order valence-electron chi connectivity index (χ4n) is 1.90. The molecule has 0 amide bonds. The van der Waals surface area contributed by atoms with Crippen LogP contribution in [0.3, 0.4) is 0 Å². The van der Waals surface area contributed by atoms with E-state index in [0.717, 1.165) is 12.0 Å². The quantitative estimate of drug-likeness (QED) is 0.766. The highest BCUT2D eigenvalue weighted by Gasteiger charge is 2.16. The van der Waals surface area contributed by atoms with E-state index in [0.29, 0.717) is 11.4 Å². The third-order valence-corrected chi connectivity index (χ3v) is 3.22. The average Bonchev–Trinajstić information content (AvgIpc) is 2.56. The molecule has 0 bridgehead atoms. The Kier molecular flexibility index (Phi) is 5.67. The summed E-state index contributed by atoms with van der Waals surface area (Å²) in [7, 11) is 0. The fourth-order valence-corrected chi connectivity index (χ4v) is 1.90. The van der Waals surface area contributed by atoms with Crippen LogP contribution in [-0.4, -0.2) is 29.0 Å². The highest BCUT2D eigenvalue weighted by Crippen LogP contribution is 2.19. The normalized spacial score (nSPS) is 10.8. The molecule has 7 heteroatoms. The molecule has 0 unspecified atom stereocenters. The maximum Gasteiger partial charge on any atom is 0.373 e. The fraction of sp³-hybridized carbons (Fsp3) is 0.312. The number of carbonyl (C=O) groups is 1. The number of ether oxygens (including phenoxy) is 1. The number of aryl methyl sites for hydroxylation is 1. The molecule has 0 atom stereocenters. The van der Waals surface area contributed by atoms with E-state index in [-0.39, 0.29) is 18.6 Å². The van der Waals surface area contributed by atoms with Crippen molar-refractivity contribution in [3.8, 4) is 11.4 Å². The molecule has 0 aliphatic heterocycles. The van der Waals surface area contributed by atoms with Gasteiger partial charge in [-0.15, -0.1) is 0 Å². The SMILES string of the molecule is CCc1cnc(-c2ccc(CCOC(=O)C(F)F)c(F)c2)nc1. The van der Waals surface area contributed by atoms with Gasteiger partial charge in [-0.05, 0) is 23.6 Å². The number of esters is 1. The van der Waals surface area contributed by atoms with Crippen LogP contribution in [0.4, 0.5) is 13.2 Å². The second-order valence-electron chi connectivity index (χ2n) is 4.79. The van der Waals surface area contributed by atoms with Crippen molar-refractivity contribution in [2.75, 3.05) is 6.61 Å². The Morgan fingerprint density at radius 2 is 1.96 bits per heavy atom. The summed E-state index contributed by atoms with van der Waals surface area (Å²) < 4.78 is 42.3. The van der Waals surface area contributed by atoms with Gasteiger partial charge in [0, 0.05) is 24.4 Å². The third-order valence-electron chi connectivity index (χ3n) is 3.22. The Morgan fingerprint density at radius 1 is 1.26 bits per heavy atom. The van der Waals surface area contributed by atoms with Crippen molar-refractivity contribution in [3.63, 3.8) is 0 Å². The molecule has 0 fully saturated rings. The van der Waals surface area contributed by atoms with E-state index >= 15 is 0 Å². The molecule has 0 spiro atoms. The molecule has 0 radical (unpaired) electrons. The standard InChI is InChI=1S/C16H15F3N2O2/c1-2-10-8-20-15(21-9-10)12-4-3-11(13(17)7-12)5-6-23-16(22)14(18)19/h3-4,7-9,14H,2,5-6H2,1H3. The summed E-state index contributed by atoms with van der Waals surface area (Å²) in [6.45, 7) is 1.68. The van der Waals surface area contributed by atoms with Crippen molar-refractivity contribution >= 4 is 5.97 Å². The van der Waals surface area contributed by atoms with Crippen molar-refractivity contribution in [3.05, 3.63) is 47.5 Å². The molecule has 1 aromatic heterocycles. The molecule has 1 aromatic carbocycles. The second kappa shape index (κ2) is 7.71. The van der Waals surface area contributed by atoms with Crippen molar-refractivity contribution < 1.29 is 22.7 Å². The van der Waals surface area contributed by atoms with Gasteiger partial charge in [-0.1, -0.05) is 19.1 Å². The van der Waals surface area contributed by atoms with Gasteiger partial charge in [-0.2, -0.15) is 8.78 Å². The molecular formula is C16H15F3N2O2. The molecule has 0 saturated carbocycles. The van der Waals surface area contributed by atoms with Gasteiger partial charge >= 0.3 is 12.4 Å². The highest BCUT2D eigenvalue weighted by atomic mass is 19.3. The first kappa shape index (κ1) is 16.9. The van der Waals surface area contributed by atoms with E-state index < -0.39 is 18.2 Å². The van der Waals surface area contributed by atoms with Crippen molar-refractivity contribution in [2.45, 2.75) is 26.2 Å². The Morgan fingerprint density at radius 3 is 2.52 bits per heavy atom. The number of benzene rings is 1. The third kappa shape index (κ3) is 4.51. The molecule has 0 saturated heterocycles. The Balaban J connectivity index is 2.03. The first-order chi connectivity index (χ1) is 11.0. The predicted molar refractivity (Wildman–Crippen MR) is 77.5 cm³/mol. The van der Waals surface area contributed by atoms with Crippen LogP contribution in [0.5, 0.6) is 0 Å². The maximum atomic E-state index is 14.0. The lowest BCUT2D eigenvalue weighted by atomic mass is 10.1. The van der Waals surface area contributed by atoms with Gasteiger partial charge in [0.2, 0.25) is 0 Å². The number of nitrogens with zero attached hydrogens (tertiary/aromatic N) is 2. The van der Waals surface area contributed by atoms with Crippen LogP contribution in [0.1, 0.15) is 18.1 Å². The second-order valence-corrected chi connectivity index (χ2v) is 4.79. The summed E-state index contributed by atoms with van der Waals surface area (Å²) in [5.74, 6) is -1.73. The van der Waals surface area contributed by atoms with Crippen LogP contribution in [0.15, 0.2) is 30.6 Å². The molecule has 4 nitrogen and oxygen atoms in total. The highest BCUT2D eigenvalue weighted by molar-refractivity contribution is 5.72. The van der Waals surface area contributed by atoms with E-state index in [1.54, 1.807) is 18.5 Å². The van der Waals surface area contributed by atoms with Gasteiger partial charge in [-0.3, -0.25) is 0 Å². The largest absolute Gasteiger partial charge is 0.461 e. The van der Waals surface area contributed by atoms with E-state index in [9.17, 15) is 18.0 Å². The topological polar surface area (TPSA) is 52.1 Å². The first-order valence-corrected chi connectivity index (χ1v) is 7.05. The van der Waals surface area contributed by atoms with E-state index in [1.165, 1.54) is 12.1 Å². The van der Waals surface area contributed by atoms with Crippen LogP contribution in [-0.2, 0) is 22.4 Å². The van der Waals surface area contributed by atoms with Gasteiger partial charge in [-0.25, -0.2) is 19.2 Å². The van der Waals surface area contributed by atoms with Gasteiger partial charge in [0.05, 0.1) is 6.61 Å². The van der Waals surface area contributed by atoms with Gasteiger partial charge in [0.15, 0.2) is 5.82 Å². The molecular weight excluding hydrogens is 309 g/mol. The number of aromatic nitrogens is 2. The Labute approximate surface area is 131 Å². The first-order valence-electron chi connectivity index (χ1n) is 7.05. The molecule has 0 aliphatic carbocycles.